The molecule has 1 aromatic rings. The van der Waals surface area contributed by atoms with Crippen molar-refractivity contribution in [2.45, 2.75) is 56.9 Å². The lowest BCUT2D eigenvalue weighted by atomic mass is 9.73. The van der Waals surface area contributed by atoms with E-state index in [9.17, 15) is 22.8 Å². The maximum Gasteiger partial charge on any atom is 0.325 e. The van der Waals surface area contributed by atoms with Crippen LogP contribution >= 0.6 is 0 Å². The predicted molar refractivity (Wildman–Crippen MR) is 116 cm³/mol. The fourth-order valence-corrected chi connectivity index (χ4v) is 5.93. The number of nitrogens with zero attached hydrogens (tertiary/aromatic N) is 2. The van der Waals surface area contributed by atoms with Gasteiger partial charge in [0.05, 0.1) is 4.90 Å². The number of rotatable bonds is 7. The molecular formula is C21H30N4O5S. The number of hydrogen-bond acceptors (Lipinski definition) is 5. The maximum atomic E-state index is 13.0. The van der Waals surface area contributed by atoms with Crippen LogP contribution in [0, 0.1) is 5.92 Å². The van der Waals surface area contributed by atoms with Gasteiger partial charge >= 0.3 is 6.03 Å². The number of urea groups is 1. The minimum atomic E-state index is -3.67. The lowest BCUT2D eigenvalue weighted by Gasteiger charge is -2.36. The second-order valence-corrected chi connectivity index (χ2v) is 10.0. The van der Waals surface area contributed by atoms with Crippen LogP contribution in [-0.2, 0) is 19.6 Å². The van der Waals surface area contributed by atoms with Crippen LogP contribution in [0.3, 0.4) is 0 Å². The molecule has 2 fully saturated rings. The maximum absolute atomic E-state index is 13.0. The molecule has 2 atom stereocenters. The van der Waals surface area contributed by atoms with Crippen molar-refractivity contribution >= 4 is 33.6 Å². The van der Waals surface area contributed by atoms with Gasteiger partial charge in [0.1, 0.15) is 12.1 Å². The number of nitrogens with one attached hydrogen (secondary N) is 2. The van der Waals surface area contributed by atoms with Crippen molar-refractivity contribution in [3.05, 3.63) is 24.3 Å². The Balaban J connectivity index is 1.72. The van der Waals surface area contributed by atoms with Crippen LogP contribution < -0.4 is 10.6 Å². The van der Waals surface area contributed by atoms with E-state index in [0.29, 0.717) is 19.5 Å². The molecule has 2 aliphatic rings. The smallest absolute Gasteiger partial charge is 0.324 e. The van der Waals surface area contributed by atoms with Crippen LogP contribution in [0.4, 0.5) is 10.5 Å². The van der Waals surface area contributed by atoms with Gasteiger partial charge in [0.15, 0.2) is 0 Å². The number of benzene rings is 1. The molecule has 0 unspecified atom stereocenters. The zero-order valence-electron chi connectivity index (χ0n) is 18.2. The molecule has 1 aliphatic carbocycles. The Morgan fingerprint density at radius 3 is 2.61 bits per heavy atom. The molecule has 10 heteroatoms. The highest BCUT2D eigenvalue weighted by Crippen LogP contribution is 2.38. The number of anilines is 1. The summed E-state index contributed by atoms with van der Waals surface area (Å²) in [7, 11) is -3.67. The SMILES string of the molecule is CCN(CC)S(=O)(=O)c1cccc(NC(=O)CN2C(=O)N[C@]3(CCCC[C@@H]3C)C2=O)c1. The first kappa shape index (κ1) is 23.2. The van der Waals surface area contributed by atoms with Gasteiger partial charge in [-0.15, -0.1) is 0 Å². The Morgan fingerprint density at radius 1 is 1.26 bits per heavy atom. The van der Waals surface area contributed by atoms with Gasteiger partial charge in [-0.3, -0.25) is 14.5 Å². The molecule has 1 aromatic carbocycles. The van der Waals surface area contributed by atoms with Gasteiger partial charge in [-0.25, -0.2) is 13.2 Å². The fourth-order valence-electron chi connectivity index (χ4n) is 4.43. The molecule has 9 nitrogen and oxygen atoms in total. The number of hydrogen-bond donors (Lipinski definition) is 2. The highest BCUT2D eigenvalue weighted by molar-refractivity contribution is 7.89. The van der Waals surface area contributed by atoms with Gasteiger partial charge in [0.2, 0.25) is 15.9 Å². The lowest BCUT2D eigenvalue weighted by Crippen LogP contribution is -2.54. The molecule has 2 N–H and O–H groups in total. The summed E-state index contributed by atoms with van der Waals surface area (Å²) in [6.07, 6.45) is 3.28. The fraction of sp³-hybridized carbons (Fsp3) is 0.571. The molecule has 0 aromatic heterocycles. The van der Waals surface area contributed by atoms with Crippen molar-refractivity contribution in [1.82, 2.24) is 14.5 Å². The van der Waals surface area contributed by atoms with Gasteiger partial charge in [0, 0.05) is 18.8 Å². The van der Waals surface area contributed by atoms with Crippen molar-refractivity contribution in [2.75, 3.05) is 25.0 Å². The zero-order valence-corrected chi connectivity index (χ0v) is 19.0. The highest BCUT2D eigenvalue weighted by Gasteiger charge is 2.55. The molecule has 1 heterocycles. The minimum Gasteiger partial charge on any atom is -0.324 e. The van der Waals surface area contributed by atoms with E-state index in [1.54, 1.807) is 26.0 Å². The third kappa shape index (κ3) is 4.31. The van der Waals surface area contributed by atoms with E-state index in [2.05, 4.69) is 10.6 Å². The molecular weight excluding hydrogens is 420 g/mol. The van der Waals surface area contributed by atoms with Crippen LogP contribution in [0.2, 0.25) is 0 Å². The van der Waals surface area contributed by atoms with Crippen molar-refractivity contribution in [3.8, 4) is 0 Å². The molecule has 1 saturated heterocycles. The average Bonchev–Trinajstić information content (AvgIpc) is 2.96. The topological polar surface area (TPSA) is 116 Å². The summed E-state index contributed by atoms with van der Waals surface area (Å²) < 4.78 is 26.7. The van der Waals surface area contributed by atoms with Gasteiger partial charge in [-0.05, 0) is 37.0 Å². The van der Waals surface area contributed by atoms with Gasteiger partial charge in [-0.2, -0.15) is 4.31 Å². The minimum absolute atomic E-state index is 0.00715. The largest absolute Gasteiger partial charge is 0.325 e. The Kier molecular flexibility index (Phi) is 6.70. The van der Waals surface area contributed by atoms with Crippen LogP contribution in [0.15, 0.2) is 29.2 Å². The molecule has 0 radical (unpaired) electrons. The third-order valence-electron chi connectivity index (χ3n) is 6.26. The van der Waals surface area contributed by atoms with Crippen LogP contribution in [0.5, 0.6) is 0 Å². The van der Waals surface area contributed by atoms with Gasteiger partial charge in [-0.1, -0.05) is 39.7 Å². The second-order valence-electron chi connectivity index (χ2n) is 8.10. The number of imide groups is 1. The molecule has 1 saturated carbocycles. The van der Waals surface area contributed by atoms with E-state index in [4.69, 9.17) is 0 Å². The third-order valence-corrected chi connectivity index (χ3v) is 8.31. The molecule has 4 amide bonds. The van der Waals surface area contributed by atoms with E-state index < -0.39 is 34.0 Å². The Bertz CT molecular complexity index is 976. The quantitative estimate of drug-likeness (QED) is 0.618. The molecule has 0 bridgehead atoms. The summed E-state index contributed by atoms with van der Waals surface area (Å²) in [6, 6.07) is 5.39. The second kappa shape index (κ2) is 8.96. The predicted octanol–water partition coefficient (Wildman–Crippen LogP) is 2.16. The number of carbonyl (C=O) groups is 3. The number of amides is 4. The van der Waals surface area contributed by atoms with Crippen LogP contribution in [0.1, 0.15) is 46.5 Å². The normalized spacial score (nSPS) is 24.0. The first-order valence-corrected chi connectivity index (χ1v) is 12.1. The highest BCUT2D eigenvalue weighted by atomic mass is 32.2. The monoisotopic (exact) mass is 450 g/mol. The zero-order chi connectivity index (χ0) is 22.8. The van der Waals surface area contributed by atoms with Crippen LogP contribution in [0.25, 0.3) is 0 Å². The molecule has 1 aliphatic heterocycles. The van der Waals surface area contributed by atoms with E-state index in [-0.39, 0.29) is 22.4 Å². The molecule has 31 heavy (non-hydrogen) atoms. The Hall–Kier alpha value is -2.46. The van der Waals surface area contributed by atoms with E-state index in [0.717, 1.165) is 24.2 Å². The standard InChI is InChI=1S/C21H30N4O5S/c1-4-24(5-2)31(29,30)17-11-8-10-16(13-17)22-18(26)14-25-19(27)21(23-20(25)28)12-7-6-9-15(21)3/h8,10-11,13,15H,4-7,9,12,14H2,1-3H3,(H,22,26)(H,23,28)/t15-,21-/m0/s1. The molecule has 170 valence electrons. The first-order chi connectivity index (χ1) is 14.7. The molecule has 3 rings (SSSR count). The van der Waals surface area contributed by atoms with Crippen molar-refractivity contribution in [1.29, 1.82) is 0 Å². The van der Waals surface area contributed by atoms with Crippen molar-refractivity contribution in [3.63, 3.8) is 0 Å². The summed E-state index contributed by atoms with van der Waals surface area (Å²) in [5.41, 5.74) is -0.640. The summed E-state index contributed by atoms with van der Waals surface area (Å²) in [5.74, 6) is -0.924. The number of carbonyl (C=O) groups excluding carboxylic acids is 3. The Labute approximate surface area is 183 Å². The van der Waals surface area contributed by atoms with Gasteiger partial charge in [0.25, 0.3) is 5.91 Å². The first-order valence-electron chi connectivity index (χ1n) is 10.7. The van der Waals surface area contributed by atoms with Gasteiger partial charge < -0.3 is 10.6 Å². The summed E-state index contributed by atoms with van der Waals surface area (Å²) >= 11 is 0. The lowest BCUT2D eigenvalue weighted by molar-refractivity contribution is -0.136. The number of sulfonamides is 1. The summed E-state index contributed by atoms with van der Waals surface area (Å²) in [6.45, 7) is 5.70. The Morgan fingerprint density at radius 2 is 1.97 bits per heavy atom. The molecule has 1 spiro atoms. The summed E-state index contributed by atoms with van der Waals surface area (Å²) in [5, 5.41) is 5.42. The van der Waals surface area contributed by atoms with E-state index in [1.807, 2.05) is 6.92 Å². The average molecular weight is 451 g/mol. The van der Waals surface area contributed by atoms with E-state index >= 15 is 0 Å². The van der Waals surface area contributed by atoms with E-state index in [1.165, 1.54) is 16.4 Å². The summed E-state index contributed by atoms with van der Waals surface area (Å²) in [4.78, 5) is 39.0. The van der Waals surface area contributed by atoms with Crippen molar-refractivity contribution < 1.29 is 22.8 Å². The van der Waals surface area contributed by atoms with Crippen LogP contribution in [-0.4, -0.2) is 60.6 Å². The van der Waals surface area contributed by atoms with Crippen molar-refractivity contribution in [2.24, 2.45) is 5.92 Å².